The van der Waals surface area contributed by atoms with Crippen molar-refractivity contribution in [2.75, 3.05) is 31.6 Å². The van der Waals surface area contributed by atoms with Crippen LogP contribution in [0.25, 0.3) is 0 Å². The summed E-state index contributed by atoms with van der Waals surface area (Å²) in [5, 5.41) is 11.8. The summed E-state index contributed by atoms with van der Waals surface area (Å²) in [5.74, 6) is -2.42. The van der Waals surface area contributed by atoms with Gasteiger partial charge >= 0.3 is 12.0 Å². The molecule has 1 atom stereocenters. The Bertz CT molecular complexity index is 940. The standard InChI is InChI=1S/C26H34F2N2O5/c1-3-5-6-7-14-30(26(33)29-20-10-13-22(27)23(28)18-20)15-16-35-21-11-8-19(9-12-21)17-24(25(31)32)34-4-2/h8-13,18,24H,3-7,14-17H2,1-2H3,(H,29,33)(H,31,32). The summed E-state index contributed by atoms with van der Waals surface area (Å²) >= 11 is 0. The molecule has 2 aromatic rings. The number of carboxylic acid groups (broad SMARTS) is 1. The van der Waals surface area contributed by atoms with Gasteiger partial charge in [0.05, 0.1) is 6.54 Å². The van der Waals surface area contributed by atoms with Gasteiger partial charge in [0, 0.05) is 31.3 Å². The van der Waals surface area contributed by atoms with Crippen LogP contribution < -0.4 is 10.1 Å². The highest BCUT2D eigenvalue weighted by molar-refractivity contribution is 5.89. The quantitative estimate of drug-likeness (QED) is 0.321. The first-order valence-corrected chi connectivity index (χ1v) is 11.9. The van der Waals surface area contributed by atoms with Crippen molar-refractivity contribution in [3.05, 3.63) is 59.7 Å². The van der Waals surface area contributed by atoms with Crippen LogP contribution in [0.3, 0.4) is 0 Å². The molecule has 0 radical (unpaired) electrons. The third-order valence-corrected chi connectivity index (χ3v) is 5.36. The number of unbranched alkanes of at least 4 members (excludes halogenated alkanes) is 3. The molecular weight excluding hydrogens is 458 g/mol. The van der Waals surface area contributed by atoms with E-state index >= 15 is 0 Å². The third-order valence-electron chi connectivity index (χ3n) is 5.36. The second-order valence-corrected chi connectivity index (χ2v) is 8.09. The minimum Gasteiger partial charge on any atom is -0.492 e. The molecule has 35 heavy (non-hydrogen) atoms. The van der Waals surface area contributed by atoms with E-state index in [1.807, 2.05) is 0 Å². The van der Waals surface area contributed by atoms with Crippen molar-refractivity contribution in [1.82, 2.24) is 4.90 Å². The van der Waals surface area contributed by atoms with Crippen molar-refractivity contribution in [3.8, 4) is 5.75 Å². The summed E-state index contributed by atoms with van der Waals surface area (Å²) in [6.07, 6.45) is 3.27. The maximum absolute atomic E-state index is 13.5. The van der Waals surface area contributed by atoms with Gasteiger partial charge in [0.1, 0.15) is 12.4 Å². The summed E-state index contributed by atoms with van der Waals surface area (Å²) in [6.45, 7) is 5.20. The predicted molar refractivity (Wildman–Crippen MR) is 130 cm³/mol. The van der Waals surface area contributed by atoms with Crippen molar-refractivity contribution >= 4 is 17.7 Å². The number of hydrogen-bond acceptors (Lipinski definition) is 4. The van der Waals surface area contributed by atoms with Crippen LogP contribution >= 0.6 is 0 Å². The van der Waals surface area contributed by atoms with E-state index in [-0.39, 0.29) is 18.7 Å². The first kappa shape index (κ1) is 28.0. The smallest absolute Gasteiger partial charge is 0.333 e. The predicted octanol–water partition coefficient (Wildman–Crippen LogP) is 5.49. The van der Waals surface area contributed by atoms with Crippen LogP contribution in [-0.4, -0.2) is 54.4 Å². The van der Waals surface area contributed by atoms with Crippen molar-refractivity contribution in [1.29, 1.82) is 0 Å². The molecule has 9 heteroatoms. The van der Waals surface area contributed by atoms with E-state index in [0.29, 0.717) is 25.4 Å². The zero-order valence-corrected chi connectivity index (χ0v) is 20.3. The van der Waals surface area contributed by atoms with E-state index < -0.39 is 29.7 Å². The molecule has 0 aliphatic carbocycles. The van der Waals surface area contributed by atoms with Crippen LogP contribution in [0.4, 0.5) is 19.3 Å². The van der Waals surface area contributed by atoms with E-state index in [9.17, 15) is 23.5 Å². The van der Waals surface area contributed by atoms with Crippen LogP contribution in [0.15, 0.2) is 42.5 Å². The zero-order chi connectivity index (χ0) is 25.6. The number of benzene rings is 2. The van der Waals surface area contributed by atoms with E-state index in [1.165, 1.54) is 6.07 Å². The highest BCUT2D eigenvalue weighted by atomic mass is 19.2. The second kappa shape index (κ2) is 14.9. The van der Waals surface area contributed by atoms with Crippen molar-refractivity contribution in [2.24, 2.45) is 0 Å². The monoisotopic (exact) mass is 492 g/mol. The molecule has 2 amide bonds. The molecule has 1 unspecified atom stereocenters. The number of ether oxygens (including phenoxy) is 2. The van der Waals surface area contributed by atoms with Crippen LogP contribution in [0, 0.1) is 11.6 Å². The average Bonchev–Trinajstić information content (AvgIpc) is 2.83. The Morgan fingerprint density at radius 2 is 1.74 bits per heavy atom. The van der Waals surface area contributed by atoms with Crippen LogP contribution in [-0.2, 0) is 16.0 Å². The van der Waals surface area contributed by atoms with E-state index in [2.05, 4.69) is 12.2 Å². The first-order chi connectivity index (χ1) is 16.8. The highest BCUT2D eigenvalue weighted by Gasteiger charge is 2.18. The molecule has 7 nitrogen and oxygen atoms in total. The van der Waals surface area contributed by atoms with Gasteiger partial charge in [-0.3, -0.25) is 0 Å². The normalized spacial score (nSPS) is 11.7. The van der Waals surface area contributed by atoms with Gasteiger partial charge in [-0.05, 0) is 43.2 Å². The minimum absolute atomic E-state index is 0.177. The molecule has 2 rings (SSSR count). The van der Waals surface area contributed by atoms with Gasteiger partial charge in [-0.25, -0.2) is 18.4 Å². The number of carbonyl (C=O) groups excluding carboxylic acids is 1. The summed E-state index contributed by atoms with van der Waals surface area (Å²) in [7, 11) is 0. The first-order valence-electron chi connectivity index (χ1n) is 11.9. The van der Waals surface area contributed by atoms with Crippen LogP contribution in [0.5, 0.6) is 5.75 Å². The third kappa shape index (κ3) is 9.90. The Morgan fingerprint density at radius 3 is 2.37 bits per heavy atom. The summed E-state index contributed by atoms with van der Waals surface area (Å²) in [5.41, 5.74) is 0.984. The average molecular weight is 493 g/mol. The second-order valence-electron chi connectivity index (χ2n) is 8.09. The number of nitrogens with zero attached hydrogens (tertiary/aromatic N) is 1. The maximum atomic E-state index is 13.5. The molecule has 0 aliphatic heterocycles. The van der Waals surface area contributed by atoms with Crippen LogP contribution in [0.1, 0.15) is 45.1 Å². The fourth-order valence-electron chi connectivity index (χ4n) is 3.45. The Morgan fingerprint density at radius 1 is 1.00 bits per heavy atom. The van der Waals surface area contributed by atoms with Crippen molar-refractivity contribution < 1.29 is 33.0 Å². The molecule has 0 fully saturated rings. The largest absolute Gasteiger partial charge is 0.492 e. The Hall–Kier alpha value is -3.20. The molecule has 0 bridgehead atoms. The minimum atomic E-state index is -1.03. The molecule has 0 aliphatic rings. The molecule has 0 spiro atoms. The molecule has 0 aromatic heterocycles. The number of anilines is 1. The van der Waals surface area contributed by atoms with Gasteiger partial charge in [-0.2, -0.15) is 0 Å². The molecule has 192 valence electrons. The fourth-order valence-corrected chi connectivity index (χ4v) is 3.45. The number of amides is 2. The summed E-state index contributed by atoms with van der Waals surface area (Å²) in [6, 6.07) is 9.86. The Kier molecular flexibility index (Phi) is 12.0. The van der Waals surface area contributed by atoms with Gasteiger partial charge in [-0.1, -0.05) is 38.3 Å². The van der Waals surface area contributed by atoms with Gasteiger partial charge in [0.15, 0.2) is 17.7 Å². The lowest BCUT2D eigenvalue weighted by atomic mass is 10.1. The number of rotatable bonds is 15. The molecule has 0 heterocycles. The van der Waals surface area contributed by atoms with E-state index in [4.69, 9.17) is 9.47 Å². The number of halogens is 2. The van der Waals surface area contributed by atoms with Gasteiger partial charge in [0.25, 0.3) is 0 Å². The van der Waals surface area contributed by atoms with E-state index in [1.54, 1.807) is 36.1 Å². The molecule has 0 saturated heterocycles. The summed E-state index contributed by atoms with van der Waals surface area (Å²) < 4.78 is 37.7. The van der Waals surface area contributed by atoms with Crippen molar-refractivity contribution in [3.63, 3.8) is 0 Å². The van der Waals surface area contributed by atoms with Gasteiger partial charge in [-0.15, -0.1) is 0 Å². The summed E-state index contributed by atoms with van der Waals surface area (Å²) in [4.78, 5) is 25.6. The number of urea groups is 1. The number of carboxylic acids is 1. The molecule has 2 N–H and O–H groups in total. The zero-order valence-electron chi connectivity index (χ0n) is 20.3. The Labute approximate surface area is 205 Å². The topological polar surface area (TPSA) is 88.1 Å². The number of carbonyl (C=O) groups is 2. The van der Waals surface area contributed by atoms with Crippen molar-refractivity contribution in [2.45, 2.75) is 52.1 Å². The van der Waals surface area contributed by atoms with E-state index in [0.717, 1.165) is 43.4 Å². The number of hydrogen-bond donors (Lipinski definition) is 2. The molecule has 0 saturated carbocycles. The van der Waals surface area contributed by atoms with Crippen LogP contribution in [0.2, 0.25) is 0 Å². The Balaban J connectivity index is 1.92. The SMILES string of the molecule is CCCCCCN(CCOc1ccc(CC(OCC)C(=O)O)cc1)C(=O)Nc1ccc(F)c(F)c1. The lowest BCUT2D eigenvalue weighted by Crippen LogP contribution is -2.38. The van der Waals surface area contributed by atoms with Gasteiger partial charge < -0.3 is 24.8 Å². The lowest BCUT2D eigenvalue weighted by Gasteiger charge is -2.23. The highest BCUT2D eigenvalue weighted by Crippen LogP contribution is 2.16. The fraction of sp³-hybridized carbons (Fsp3) is 0.462. The maximum Gasteiger partial charge on any atom is 0.333 e. The van der Waals surface area contributed by atoms with Gasteiger partial charge in [0.2, 0.25) is 0 Å². The lowest BCUT2D eigenvalue weighted by molar-refractivity contribution is -0.149. The number of aliphatic carboxylic acids is 1. The molecule has 2 aromatic carbocycles. The molecular formula is C26H34F2N2O5. The number of nitrogens with one attached hydrogen (secondary N) is 1.